The molecule has 0 amide bonds. The lowest BCUT2D eigenvalue weighted by Crippen LogP contribution is -2.34. The van der Waals surface area contributed by atoms with Gasteiger partial charge in [0.1, 0.15) is 12.4 Å². The largest absolute Gasteiger partial charge is 0.492 e. The molecule has 0 radical (unpaired) electrons. The number of nitrogens with one attached hydrogen (secondary N) is 1. The zero-order valence-electron chi connectivity index (χ0n) is 15.8. The number of hydrogen-bond acceptors (Lipinski definition) is 6. The van der Waals surface area contributed by atoms with Crippen molar-refractivity contribution >= 4 is 39.1 Å². The predicted molar refractivity (Wildman–Crippen MR) is 109 cm³/mol. The van der Waals surface area contributed by atoms with Crippen LogP contribution >= 0.6 is 11.6 Å². The molecule has 2 unspecified atom stereocenters. The lowest BCUT2D eigenvalue weighted by molar-refractivity contribution is -0.152. The molecule has 0 spiro atoms. The summed E-state index contributed by atoms with van der Waals surface area (Å²) in [6.45, 7) is 1.66. The Bertz CT molecular complexity index is 1040. The molecule has 2 aromatic rings. The third-order valence-corrected chi connectivity index (χ3v) is 5.24. The molecule has 29 heavy (non-hydrogen) atoms. The van der Waals surface area contributed by atoms with Gasteiger partial charge in [0.25, 0.3) is 0 Å². The van der Waals surface area contributed by atoms with Gasteiger partial charge in [-0.05, 0) is 61.4 Å². The molecule has 154 valence electrons. The van der Waals surface area contributed by atoms with Gasteiger partial charge < -0.3 is 9.47 Å². The van der Waals surface area contributed by atoms with Crippen LogP contribution in [0.2, 0.25) is 5.02 Å². The average Bonchev–Trinajstić information content (AvgIpc) is 2.66. The Balaban J connectivity index is 1.61. The molecule has 0 aromatic heterocycles. The van der Waals surface area contributed by atoms with E-state index in [2.05, 4.69) is 4.72 Å². The highest BCUT2D eigenvalue weighted by Gasteiger charge is 2.30. The van der Waals surface area contributed by atoms with Crippen LogP contribution in [0, 0.1) is 5.92 Å². The van der Waals surface area contributed by atoms with Crippen LogP contribution < -0.4 is 9.46 Å². The van der Waals surface area contributed by atoms with E-state index >= 15 is 0 Å². The molecule has 3 rings (SSSR count). The molecule has 0 saturated carbocycles. The topological polar surface area (TPSA) is 98.8 Å². The molecule has 1 N–H and O–H groups in total. The van der Waals surface area contributed by atoms with Gasteiger partial charge in [0.15, 0.2) is 6.10 Å². The van der Waals surface area contributed by atoms with Crippen molar-refractivity contribution in [2.75, 3.05) is 17.6 Å². The summed E-state index contributed by atoms with van der Waals surface area (Å²) >= 11 is 5.99. The maximum atomic E-state index is 12.5. The van der Waals surface area contributed by atoms with Crippen molar-refractivity contribution in [1.82, 2.24) is 0 Å². The quantitative estimate of drug-likeness (QED) is 0.550. The highest BCUT2D eigenvalue weighted by molar-refractivity contribution is 7.92. The van der Waals surface area contributed by atoms with Crippen molar-refractivity contribution in [2.24, 2.45) is 5.92 Å². The molecule has 1 aliphatic rings. The van der Waals surface area contributed by atoms with Gasteiger partial charge in [-0.2, -0.15) is 0 Å². The Kier molecular flexibility index (Phi) is 6.14. The van der Waals surface area contributed by atoms with Crippen molar-refractivity contribution in [3.8, 4) is 5.75 Å². The zero-order valence-corrected chi connectivity index (χ0v) is 17.4. The fourth-order valence-electron chi connectivity index (χ4n) is 2.99. The van der Waals surface area contributed by atoms with Gasteiger partial charge in [-0.1, -0.05) is 11.6 Å². The van der Waals surface area contributed by atoms with Gasteiger partial charge in [-0.15, -0.1) is 0 Å². The number of esters is 1. The smallest absolute Gasteiger partial charge is 0.313 e. The van der Waals surface area contributed by atoms with Crippen molar-refractivity contribution in [3.63, 3.8) is 0 Å². The standard InChI is InChI=1S/C20H20ClNO6S/c1-12(19(23)13-3-6-17(7-4-13)22-29(2,25)26)28-20(24)15-9-14-10-16(21)5-8-18(14)27-11-15/h3-8,10,12,15,22H,9,11H2,1-2H3. The first-order chi connectivity index (χ1) is 13.6. The second-order valence-electron chi connectivity index (χ2n) is 6.86. The molecular formula is C20H20ClNO6S. The fourth-order valence-corrected chi connectivity index (χ4v) is 3.75. The third kappa shape index (κ3) is 5.48. The van der Waals surface area contributed by atoms with E-state index in [-0.39, 0.29) is 12.4 Å². The molecule has 0 bridgehead atoms. The molecule has 1 heterocycles. The number of Topliss-reactive ketones (excluding diaryl/α,β-unsaturated/α-hetero) is 1. The van der Waals surface area contributed by atoms with E-state index in [0.29, 0.717) is 28.4 Å². The van der Waals surface area contributed by atoms with Crippen LogP contribution in [0.5, 0.6) is 5.75 Å². The minimum Gasteiger partial charge on any atom is -0.492 e. The van der Waals surface area contributed by atoms with E-state index < -0.39 is 28.0 Å². The Morgan fingerprint density at radius 1 is 1.21 bits per heavy atom. The second kappa shape index (κ2) is 8.42. The summed E-state index contributed by atoms with van der Waals surface area (Å²) in [7, 11) is -3.40. The van der Waals surface area contributed by atoms with Crippen LogP contribution in [0.25, 0.3) is 0 Å². The highest BCUT2D eigenvalue weighted by atomic mass is 35.5. The Hall–Kier alpha value is -2.58. The monoisotopic (exact) mass is 437 g/mol. The highest BCUT2D eigenvalue weighted by Crippen LogP contribution is 2.30. The normalized spacial score (nSPS) is 16.9. The number of carbonyl (C=O) groups is 2. The number of carbonyl (C=O) groups excluding carboxylic acids is 2. The molecular weight excluding hydrogens is 418 g/mol. The van der Waals surface area contributed by atoms with Crippen LogP contribution in [0.1, 0.15) is 22.8 Å². The number of benzene rings is 2. The third-order valence-electron chi connectivity index (χ3n) is 4.40. The Labute approximate surface area is 174 Å². The maximum absolute atomic E-state index is 12.5. The van der Waals surface area contributed by atoms with Crippen molar-refractivity contribution < 1.29 is 27.5 Å². The Morgan fingerprint density at radius 3 is 2.55 bits per heavy atom. The first kappa shape index (κ1) is 21.1. The summed E-state index contributed by atoms with van der Waals surface area (Å²) in [6, 6.07) is 11.1. The van der Waals surface area contributed by atoms with Crippen LogP contribution in [0.3, 0.4) is 0 Å². The maximum Gasteiger partial charge on any atom is 0.313 e. The molecule has 2 atom stereocenters. The molecule has 7 nitrogen and oxygen atoms in total. The number of ketones is 1. The van der Waals surface area contributed by atoms with E-state index in [9.17, 15) is 18.0 Å². The number of sulfonamides is 1. The molecule has 0 saturated heterocycles. The average molecular weight is 438 g/mol. The lowest BCUT2D eigenvalue weighted by atomic mass is 9.97. The van der Waals surface area contributed by atoms with Gasteiger partial charge in [-0.25, -0.2) is 8.42 Å². The number of anilines is 1. The van der Waals surface area contributed by atoms with E-state index in [1.54, 1.807) is 18.2 Å². The molecule has 9 heteroatoms. The summed E-state index contributed by atoms with van der Waals surface area (Å²) in [4.78, 5) is 25.0. The van der Waals surface area contributed by atoms with Crippen LogP contribution in [0.4, 0.5) is 5.69 Å². The van der Waals surface area contributed by atoms with Gasteiger partial charge in [0, 0.05) is 16.3 Å². The molecule has 0 fully saturated rings. The summed E-state index contributed by atoms with van der Waals surface area (Å²) in [5.41, 5.74) is 1.46. The predicted octanol–water partition coefficient (Wildman–Crippen LogP) is 3.08. The van der Waals surface area contributed by atoms with Gasteiger partial charge >= 0.3 is 5.97 Å². The van der Waals surface area contributed by atoms with E-state index in [1.165, 1.54) is 31.2 Å². The minimum absolute atomic E-state index is 0.167. The van der Waals surface area contributed by atoms with Crippen LogP contribution in [-0.4, -0.2) is 39.1 Å². The second-order valence-corrected chi connectivity index (χ2v) is 9.04. The van der Waals surface area contributed by atoms with Gasteiger partial charge in [-0.3, -0.25) is 14.3 Å². The lowest BCUT2D eigenvalue weighted by Gasteiger charge is -2.25. The number of fused-ring (bicyclic) bond motifs is 1. The number of rotatable bonds is 6. The number of ether oxygens (including phenoxy) is 2. The zero-order chi connectivity index (χ0) is 21.2. The summed E-state index contributed by atoms with van der Waals surface area (Å²) in [5, 5.41) is 0.554. The van der Waals surface area contributed by atoms with Crippen molar-refractivity contribution in [2.45, 2.75) is 19.4 Å². The first-order valence-corrected chi connectivity index (χ1v) is 11.1. The first-order valence-electron chi connectivity index (χ1n) is 8.86. The minimum atomic E-state index is -3.40. The fraction of sp³-hybridized carbons (Fsp3) is 0.300. The van der Waals surface area contributed by atoms with E-state index in [4.69, 9.17) is 21.1 Å². The summed E-state index contributed by atoms with van der Waals surface area (Å²) < 4.78 is 35.7. The van der Waals surface area contributed by atoms with Crippen molar-refractivity contribution in [3.05, 3.63) is 58.6 Å². The van der Waals surface area contributed by atoms with Gasteiger partial charge in [0.05, 0.1) is 12.2 Å². The molecule has 0 aliphatic carbocycles. The number of halogens is 1. The molecule has 1 aliphatic heterocycles. The van der Waals surface area contributed by atoms with E-state index in [1.807, 2.05) is 0 Å². The summed E-state index contributed by atoms with van der Waals surface area (Å²) in [5.74, 6) is -0.751. The summed E-state index contributed by atoms with van der Waals surface area (Å²) in [6.07, 6.45) is 0.466. The van der Waals surface area contributed by atoms with E-state index in [0.717, 1.165) is 11.8 Å². The van der Waals surface area contributed by atoms with Crippen molar-refractivity contribution in [1.29, 1.82) is 0 Å². The molecule has 2 aromatic carbocycles. The van der Waals surface area contributed by atoms with Crippen LogP contribution in [0.15, 0.2) is 42.5 Å². The number of hydrogen-bond donors (Lipinski definition) is 1. The Morgan fingerprint density at radius 2 is 1.90 bits per heavy atom. The van der Waals surface area contributed by atoms with Gasteiger partial charge in [0.2, 0.25) is 15.8 Å². The SMILES string of the molecule is CC(OC(=O)C1COc2ccc(Cl)cc2C1)C(=O)c1ccc(NS(C)(=O)=O)cc1. The van der Waals surface area contributed by atoms with Crippen LogP contribution in [-0.2, 0) is 26.0 Å².